The first-order valence-corrected chi connectivity index (χ1v) is 11.6. The molecule has 0 N–H and O–H groups in total. The average molecular weight is 408 g/mol. The van der Waals surface area contributed by atoms with E-state index in [-0.39, 0.29) is 0 Å². The van der Waals surface area contributed by atoms with Gasteiger partial charge in [-0.2, -0.15) is 5.10 Å². The molecular formula is C24H33N5O. The fourth-order valence-corrected chi connectivity index (χ4v) is 5.62. The Morgan fingerprint density at radius 3 is 2.93 bits per heavy atom. The van der Waals surface area contributed by atoms with Crippen molar-refractivity contribution in [3.05, 3.63) is 47.8 Å². The van der Waals surface area contributed by atoms with Crippen LogP contribution in [-0.4, -0.2) is 75.2 Å². The van der Waals surface area contributed by atoms with Crippen LogP contribution in [0.3, 0.4) is 0 Å². The van der Waals surface area contributed by atoms with E-state index in [0.717, 1.165) is 50.9 Å². The van der Waals surface area contributed by atoms with Crippen molar-refractivity contribution in [2.24, 2.45) is 0 Å². The summed E-state index contributed by atoms with van der Waals surface area (Å²) in [5.74, 6) is 0.310. The Labute approximate surface area is 179 Å². The Bertz CT molecular complexity index is 880. The Kier molecular flexibility index (Phi) is 5.61. The van der Waals surface area contributed by atoms with Gasteiger partial charge in [-0.15, -0.1) is 0 Å². The largest absolute Gasteiger partial charge is 0.339 e. The van der Waals surface area contributed by atoms with Crippen LogP contribution in [0, 0.1) is 0 Å². The van der Waals surface area contributed by atoms with E-state index >= 15 is 0 Å². The Balaban J connectivity index is 1.19. The number of hydrogen-bond acceptors (Lipinski definition) is 4. The summed E-state index contributed by atoms with van der Waals surface area (Å²) < 4.78 is 1.91. The van der Waals surface area contributed by atoms with Crippen LogP contribution in [0.25, 0.3) is 5.69 Å². The van der Waals surface area contributed by atoms with Crippen LogP contribution < -0.4 is 0 Å². The number of rotatable bonds is 4. The van der Waals surface area contributed by atoms with Crippen molar-refractivity contribution in [2.75, 3.05) is 32.7 Å². The molecule has 160 valence electrons. The molecule has 2 fully saturated rings. The first-order chi connectivity index (χ1) is 14.7. The number of carbonyl (C=O) groups is 1. The Morgan fingerprint density at radius 1 is 1.17 bits per heavy atom. The fraction of sp³-hybridized carbons (Fsp3) is 0.583. The van der Waals surface area contributed by atoms with Crippen molar-refractivity contribution >= 4 is 5.91 Å². The van der Waals surface area contributed by atoms with Gasteiger partial charge in [-0.25, -0.2) is 4.68 Å². The summed E-state index contributed by atoms with van der Waals surface area (Å²) >= 11 is 0. The normalized spacial score (nSPS) is 25.0. The van der Waals surface area contributed by atoms with Crippen LogP contribution in [0.5, 0.6) is 0 Å². The molecule has 30 heavy (non-hydrogen) atoms. The molecule has 2 saturated heterocycles. The third kappa shape index (κ3) is 3.91. The van der Waals surface area contributed by atoms with Crippen LogP contribution in [0.15, 0.2) is 36.7 Å². The third-order valence-corrected chi connectivity index (χ3v) is 7.30. The third-order valence-electron chi connectivity index (χ3n) is 7.30. The zero-order valence-electron chi connectivity index (χ0n) is 18.0. The Morgan fingerprint density at radius 2 is 2.10 bits per heavy atom. The Hall–Kier alpha value is -2.18. The van der Waals surface area contributed by atoms with Crippen molar-refractivity contribution in [1.29, 1.82) is 0 Å². The summed E-state index contributed by atoms with van der Waals surface area (Å²) in [6.45, 7) is 7.52. The molecule has 6 nitrogen and oxygen atoms in total. The van der Waals surface area contributed by atoms with Crippen LogP contribution in [-0.2, 0) is 17.8 Å². The van der Waals surface area contributed by atoms with Crippen molar-refractivity contribution in [2.45, 2.75) is 57.7 Å². The van der Waals surface area contributed by atoms with Crippen molar-refractivity contribution in [1.82, 2.24) is 24.5 Å². The van der Waals surface area contributed by atoms with E-state index in [1.807, 2.05) is 23.1 Å². The van der Waals surface area contributed by atoms with Crippen molar-refractivity contribution < 1.29 is 4.79 Å². The molecule has 0 spiro atoms. The average Bonchev–Trinajstić information content (AvgIpc) is 3.33. The molecule has 0 radical (unpaired) electrons. The number of carbonyl (C=O) groups excluding carboxylic acids is 1. The lowest BCUT2D eigenvalue weighted by Crippen LogP contribution is -2.60. The molecule has 0 bridgehead atoms. The minimum atomic E-state index is 0.310. The molecule has 3 aliphatic heterocycles. The van der Waals surface area contributed by atoms with Gasteiger partial charge in [0, 0.05) is 57.2 Å². The maximum atomic E-state index is 13.1. The highest BCUT2D eigenvalue weighted by atomic mass is 16.2. The number of piperidine rings is 1. The zero-order chi connectivity index (χ0) is 20.5. The SMILES string of the molecule is CCC1CCCC2CN(C(=O)CN3CCc4cc(-n5cccn5)ccc4C3)CCN12. The van der Waals surface area contributed by atoms with Crippen molar-refractivity contribution in [3.8, 4) is 5.69 Å². The van der Waals surface area contributed by atoms with Gasteiger partial charge >= 0.3 is 0 Å². The van der Waals surface area contributed by atoms with Gasteiger partial charge < -0.3 is 4.90 Å². The fourth-order valence-electron chi connectivity index (χ4n) is 5.62. The van der Waals surface area contributed by atoms with Crippen LogP contribution >= 0.6 is 0 Å². The summed E-state index contributed by atoms with van der Waals surface area (Å²) in [6, 6.07) is 9.82. The lowest BCUT2D eigenvalue weighted by atomic mass is 9.92. The van der Waals surface area contributed by atoms with Gasteiger partial charge in [0.25, 0.3) is 0 Å². The summed E-state index contributed by atoms with van der Waals surface area (Å²) in [6.07, 6.45) is 9.90. The van der Waals surface area contributed by atoms with E-state index < -0.39 is 0 Å². The van der Waals surface area contributed by atoms with Crippen molar-refractivity contribution in [3.63, 3.8) is 0 Å². The molecule has 2 unspecified atom stereocenters. The molecule has 1 amide bonds. The highest BCUT2D eigenvalue weighted by Crippen LogP contribution is 2.28. The minimum Gasteiger partial charge on any atom is -0.339 e. The van der Waals surface area contributed by atoms with E-state index in [1.165, 1.54) is 36.8 Å². The highest BCUT2D eigenvalue weighted by molar-refractivity contribution is 5.78. The second-order valence-electron chi connectivity index (χ2n) is 9.09. The quantitative estimate of drug-likeness (QED) is 0.782. The van der Waals surface area contributed by atoms with E-state index in [1.54, 1.807) is 0 Å². The molecule has 2 atom stereocenters. The number of piperazine rings is 1. The first-order valence-electron chi connectivity index (χ1n) is 11.6. The van der Waals surface area contributed by atoms with Gasteiger partial charge in [0.05, 0.1) is 12.2 Å². The van der Waals surface area contributed by atoms with Crippen LogP contribution in [0.1, 0.15) is 43.7 Å². The number of fused-ring (bicyclic) bond motifs is 2. The summed E-state index contributed by atoms with van der Waals surface area (Å²) in [4.78, 5) is 20.2. The second kappa shape index (κ2) is 8.52. The zero-order valence-corrected chi connectivity index (χ0v) is 18.0. The van der Waals surface area contributed by atoms with Gasteiger partial charge in [-0.05, 0) is 55.0 Å². The summed E-state index contributed by atoms with van der Waals surface area (Å²) in [5.41, 5.74) is 3.83. The smallest absolute Gasteiger partial charge is 0.236 e. The summed E-state index contributed by atoms with van der Waals surface area (Å²) in [7, 11) is 0. The predicted octanol–water partition coefficient (Wildman–Crippen LogP) is 2.71. The lowest BCUT2D eigenvalue weighted by molar-refractivity contribution is -0.137. The monoisotopic (exact) mass is 407 g/mol. The number of nitrogens with zero attached hydrogens (tertiary/aromatic N) is 5. The molecule has 6 heteroatoms. The minimum absolute atomic E-state index is 0.310. The van der Waals surface area contributed by atoms with E-state index in [2.05, 4.69) is 44.9 Å². The van der Waals surface area contributed by atoms with Gasteiger partial charge in [-0.3, -0.25) is 14.6 Å². The van der Waals surface area contributed by atoms with E-state index in [9.17, 15) is 4.79 Å². The number of hydrogen-bond donors (Lipinski definition) is 0. The number of amides is 1. The predicted molar refractivity (Wildman–Crippen MR) is 118 cm³/mol. The molecule has 1 aromatic heterocycles. The van der Waals surface area contributed by atoms with E-state index in [4.69, 9.17) is 0 Å². The molecule has 1 aromatic carbocycles. The molecule has 0 aliphatic carbocycles. The maximum Gasteiger partial charge on any atom is 0.236 e. The molecular weight excluding hydrogens is 374 g/mol. The molecule has 5 rings (SSSR count). The number of benzene rings is 1. The molecule has 4 heterocycles. The van der Waals surface area contributed by atoms with Gasteiger partial charge in [0.2, 0.25) is 5.91 Å². The highest BCUT2D eigenvalue weighted by Gasteiger charge is 2.35. The van der Waals surface area contributed by atoms with Crippen LogP contribution in [0.4, 0.5) is 0 Å². The molecule has 2 aromatic rings. The lowest BCUT2D eigenvalue weighted by Gasteiger charge is -2.48. The standard InChI is InChI=1S/C24H33N5O/c1-2-21-5-3-6-23-17-27(13-14-28(21)23)24(30)18-26-12-9-19-15-22(8-7-20(19)16-26)29-11-4-10-25-29/h4,7-8,10-11,15,21,23H,2-3,5-6,9,12-14,16-18H2,1H3. The molecule has 3 aliphatic rings. The summed E-state index contributed by atoms with van der Waals surface area (Å²) in [5, 5.41) is 4.33. The van der Waals surface area contributed by atoms with E-state index in [0.29, 0.717) is 18.5 Å². The number of aromatic nitrogens is 2. The maximum absolute atomic E-state index is 13.1. The topological polar surface area (TPSA) is 44.6 Å². The van der Waals surface area contributed by atoms with Gasteiger partial charge in [0.15, 0.2) is 0 Å². The first kappa shape index (κ1) is 19.8. The second-order valence-corrected chi connectivity index (χ2v) is 9.09. The van der Waals surface area contributed by atoms with Gasteiger partial charge in [-0.1, -0.05) is 19.4 Å². The van der Waals surface area contributed by atoms with Gasteiger partial charge in [0.1, 0.15) is 0 Å². The van der Waals surface area contributed by atoms with Crippen LogP contribution in [0.2, 0.25) is 0 Å². The molecule has 0 saturated carbocycles.